The normalized spacial score (nSPS) is 10.6. The van der Waals surface area contributed by atoms with E-state index in [9.17, 15) is 14.4 Å². The number of nitrogens with zero attached hydrogens (tertiary/aromatic N) is 1. The van der Waals surface area contributed by atoms with Gasteiger partial charge < -0.3 is 15.0 Å². The van der Waals surface area contributed by atoms with Crippen LogP contribution in [0.25, 0.3) is 0 Å². The lowest BCUT2D eigenvalue weighted by Gasteiger charge is -2.18. The zero-order valence-electron chi connectivity index (χ0n) is 19.0. The van der Waals surface area contributed by atoms with Crippen molar-refractivity contribution in [3.8, 4) is 0 Å². The van der Waals surface area contributed by atoms with Crippen molar-refractivity contribution in [2.24, 2.45) is 0 Å². The van der Waals surface area contributed by atoms with Crippen LogP contribution in [0, 0.1) is 13.8 Å². The first-order valence-electron chi connectivity index (χ1n) is 10.8. The molecule has 0 aliphatic heterocycles. The van der Waals surface area contributed by atoms with Crippen LogP contribution in [0.2, 0.25) is 0 Å². The first kappa shape index (κ1) is 24.6. The van der Waals surface area contributed by atoms with Gasteiger partial charge >= 0.3 is 5.97 Å². The molecule has 0 fully saturated rings. The highest BCUT2D eigenvalue weighted by Crippen LogP contribution is 2.34. The average molecular weight is 445 g/mol. The fourth-order valence-corrected chi connectivity index (χ4v) is 4.49. The maximum Gasteiger partial charge on any atom is 0.341 e. The molecule has 1 aromatic heterocycles. The monoisotopic (exact) mass is 444 g/mol. The summed E-state index contributed by atoms with van der Waals surface area (Å²) in [6, 6.07) is 8.26. The number of amides is 2. The lowest BCUT2D eigenvalue weighted by Crippen LogP contribution is -2.30. The average Bonchev–Trinajstić information content (AvgIpc) is 3.06. The van der Waals surface area contributed by atoms with E-state index in [1.54, 1.807) is 18.7 Å². The van der Waals surface area contributed by atoms with Crippen molar-refractivity contribution in [2.75, 3.05) is 25.0 Å². The van der Waals surface area contributed by atoms with E-state index in [2.05, 4.69) is 29.6 Å². The van der Waals surface area contributed by atoms with Crippen molar-refractivity contribution in [3.05, 3.63) is 51.4 Å². The molecule has 0 unspecified atom stereocenters. The van der Waals surface area contributed by atoms with Gasteiger partial charge in [-0.05, 0) is 58.6 Å². The number of benzene rings is 1. The van der Waals surface area contributed by atoms with Gasteiger partial charge in [0.2, 0.25) is 5.91 Å². The molecule has 2 aromatic rings. The summed E-state index contributed by atoms with van der Waals surface area (Å²) in [5.74, 6) is -0.844. The lowest BCUT2D eigenvalue weighted by atomic mass is 10.1. The first-order chi connectivity index (χ1) is 14.8. The minimum atomic E-state index is -0.523. The summed E-state index contributed by atoms with van der Waals surface area (Å²) in [4.78, 5) is 40.2. The maximum atomic E-state index is 12.9. The number of hydrogen-bond acceptors (Lipinski definition) is 5. The van der Waals surface area contributed by atoms with Crippen LogP contribution in [-0.4, -0.2) is 42.4 Å². The molecule has 1 N–H and O–H groups in total. The molecule has 0 aliphatic carbocycles. The van der Waals surface area contributed by atoms with Crippen molar-refractivity contribution in [1.29, 1.82) is 0 Å². The second-order valence-electron chi connectivity index (χ2n) is 7.35. The number of aryl methyl sites for hydroxylation is 2. The second kappa shape index (κ2) is 11.6. The number of hydrogen-bond donors (Lipinski definition) is 1. The molecule has 0 atom stereocenters. The van der Waals surface area contributed by atoms with Gasteiger partial charge in [-0.3, -0.25) is 9.59 Å². The Morgan fingerprint density at radius 3 is 2.26 bits per heavy atom. The minimum Gasteiger partial charge on any atom is -0.462 e. The molecule has 0 bridgehead atoms. The van der Waals surface area contributed by atoms with Gasteiger partial charge in [0.1, 0.15) is 5.00 Å². The van der Waals surface area contributed by atoms with E-state index in [0.29, 0.717) is 41.4 Å². The molecule has 1 heterocycles. The van der Waals surface area contributed by atoms with Crippen LogP contribution in [0.1, 0.15) is 70.3 Å². The zero-order chi connectivity index (χ0) is 23.0. The van der Waals surface area contributed by atoms with E-state index in [1.165, 1.54) is 11.1 Å². The van der Waals surface area contributed by atoms with E-state index >= 15 is 0 Å². The lowest BCUT2D eigenvalue weighted by molar-refractivity contribution is -0.116. The van der Waals surface area contributed by atoms with Crippen LogP contribution in [0.5, 0.6) is 0 Å². The highest BCUT2D eigenvalue weighted by atomic mass is 32.1. The van der Waals surface area contributed by atoms with Crippen LogP contribution < -0.4 is 5.32 Å². The van der Waals surface area contributed by atoms with Crippen LogP contribution in [0.3, 0.4) is 0 Å². The molecule has 2 amide bonds. The Kier molecular flexibility index (Phi) is 9.24. The number of ether oxygens (including phenoxy) is 1. The molecule has 1 aromatic carbocycles. The Balaban J connectivity index is 2.16. The molecule has 168 valence electrons. The highest BCUT2D eigenvalue weighted by Gasteiger charge is 2.28. The van der Waals surface area contributed by atoms with Crippen LogP contribution in [-0.2, 0) is 16.0 Å². The third-order valence-electron chi connectivity index (χ3n) is 5.11. The fourth-order valence-electron chi connectivity index (χ4n) is 3.31. The molecule has 0 radical (unpaired) electrons. The standard InChI is InChI=1S/C24H32N2O4S/c1-6-26(7-2)23(28)21-17(5)20(24(29)30-8-3)22(31-21)25-19(27)11-9-10-18-14-12-16(4)13-15-18/h12-15H,6-11H2,1-5H3,(H,25,27). The molecule has 6 nitrogen and oxygen atoms in total. The summed E-state index contributed by atoms with van der Waals surface area (Å²) in [7, 11) is 0. The van der Waals surface area contributed by atoms with Crippen molar-refractivity contribution in [1.82, 2.24) is 4.90 Å². The van der Waals surface area contributed by atoms with Gasteiger partial charge in [0.25, 0.3) is 5.91 Å². The Hall–Kier alpha value is -2.67. The molecule has 7 heteroatoms. The quantitative estimate of drug-likeness (QED) is 0.524. The van der Waals surface area contributed by atoms with E-state index < -0.39 is 5.97 Å². The van der Waals surface area contributed by atoms with E-state index in [4.69, 9.17) is 4.74 Å². The SMILES string of the molecule is CCOC(=O)c1c(NC(=O)CCCc2ccc(C)cc2)sc(C(=O)N(CC)CC)c1C. The summed E-state index contributed by atoms with van der Waals surface area (Å²) in [6.45, 7) is 10.7. The van der Waals surface area contributed by atoms with E-state index in [0.717, 1.165) is 17.8 Å². The molecule has 0 saturated carbocycles. The van der Waals surface area contributed by atoms with Crippen molar-refractivity contribution in [3.63, 3.8) is 0 Å². The molecule has 31 heavy (non-hydrogen) atoms. The largest absolute Gasteiger partial charge is 0.462 e. The van der Waals surface area contributed by atoms with Gasteiger partial charge in [-0.1, -0.05) is 29.8 Å². The van der Waals surface area contributed by atoms with Crippen LogP contribution >= 0.6 is 11.3 Å². The molecule has 0 aliphatic rings. The van der Waals surface area contributed by atoms with Gasteiger partial charge in [0, 0.05) is 19.5 Å². The van der Waals surface area contributed by atoms with Gasteiger partial charge in [-0.15, -0.1) is 11.3 Å². The minimum absolute atomic E-state index is 0.141. The molecular weight excluding hydrogens is 412 g/mol. The number of rotatable bonds is 10. The number of anilines is 1. The summed E-state index contributed by atoms with van der Waals surface area (Å²) in [5, 5.41) is 3.23. The van der Waals surface area contributed by atoms with Crippen molar-refractivity contribution < 1.29 is 19.1 Å². The van der Waals surface area contributed by atoms with Crippen LogP contribution in [0.15, 0.2) is 24.3 Å². The Morgan fingerprint density at radius 1 is 1.03 bits per heavy atom. The second-order valence-corrected chi connectivity index (χ2v) is 8.37. The van der Waals surface area contributed by atoms with E-state index in [-0.39, 0.29) is 24.0 Å². The third kappa shape index (κ3) is 6.40. The van der Waals surface area contributed by atoms with Gasteiger partial charge in [-0.2, -0.15) is 0 Å². The number of nitrogens with one attached hydrogen (secondary N) is 1. The van der Waals surface area contributed by atoms with Crippen molar-refractivity contribution >= 4 is 34.1 Å². The molecule has 0 spiro atoms. The summed E-state index contributed by atoms with van der Waals surface area (Å²) < 4.78 is 5.18. The number of carbonyl (C=O) groups excluding carboxylic acids is 3. The molecular formula is C24H32N2O4S. The summed E-state index contributed by atoms with van der Waals surface area (Å²) in [6.07, 6.45) is 1.82. The van der Waals surface area contributed by atoms with Gasteiger partial charge in [0.15, 0.2) is 0 Å². The predicted molar refractivity (Wildman–Crippen MR) is 125 cm³/mol. The number of thiophene rings is 1. The predicted octanol–water partition coefficient (Wildman–Crippen LogP) is 4.99. The number of esters is 1. The fraction of sp³-hybridized carbons (Fsp3) is 0.458. The molecule has 2 rings (SSSR count). The van der Waals surface area contributed by atoms with E-state index in [1.807, 2.05) is 20.8 Å². The molecule has 0 saturated heterocycles. The first-order valence-corrected chi connectivity index (χ1v) is 11.6. The Morgan fingerprint density at radius 2 is 1.68 bits per heavy atom. The maximum absolute atomic E-state index is 12.9. The highest BCUT2D eigenvalue weighted by molar-refractivity contribution is 7.18. The Labute approximate surface area is 188 Å². The Bertz CT molecular complexity index is 914. The smallest absolute Gasteiger partial charge is 0.341 e. The topological polar surface area (TPSA) is 75.7 Å². The third-order valence-corrected chi connectivity index (χ3v) is 6.31. The van der Waals surface area contributed by atoms with Crippen LogP contribution in [0.4, 0.5) is 5.00 Å². The number of carbonyl (C=O) groups is 3. The summed E-state index contributed by atoms with van der Waals surface area (Å²) >= 11 is 1.14. The van der Waals surface area contributed by atoms with Gasteiger partial charge in [0.05, 0.1) is 17.0 Å². The van der Waals surface area contributed by atoms with Gasteiger partial charge in [-0.25, -0.2) is 4.79 Å². The van der Waals surface area contributed by atoms with Crippen molar-refractivity contribution in [2.45, 2.75) is 53.9 Å². The zero-order valence-corrected chi connectivity index (χ0v) is 19.9. The summed E-state index contributed by atoms with van der Waals surface area (Å²) in [5.41, 5.74) is 3.21.